The molecule has 2 rings (SSSR count). The van der Waals surface area contributed by atoms with Crippen LogP contribution in [0.25, 0.3) is 11.1 Å². The third kappa shape index (κ3) is 11.6. The summed E-state index contributed by atoms with van der Waals surface area (Å²) < 4.78 is 73.7. The van der Waals surface area contributed by atoms with Gasteiger partial charge in [0, 0.05) is 17.0 Å². The molecule has 0 aliphatic heterocycles. The second-order valence-electron chi connectivity index (χ2n) is 7.98. The van der Waals surface area contributed by atoms with E-state index in [2.05, 4.69) is 22.0 Å². The maximum Gasteiger partial charge on any atom is 0.409 e. The average molecular weight is 568 g/mol. The zero-order valence-electron chi connectivity index (χ0n) is 18.3. The molecule has 0 aliphatic carbocycles. The van der Waals surface area contributed by atoms with Crippen LogP contribution in [-0.4, -0.2) is 22.6 Å². The van der Waals surface area contributed by atoms with Gasteiger partial charge in [-0.1, -0.05) is 76.6 Å². The van der Waals surface area contributed by atoms with Crippen molar-refractivity contribution >= 4 is 27.5 Å². The van der Waals surface area contributed by atoms with E-state index in [0.29, 0.717) is 25.7 Å². The molecule has 0 saturated carbocycles. The lowest BCUT2D eigenvalue weighted by Crippen LogP contribution is -2.04. The lowest BCUT2D eigenvalue weighted by molar-refractivity contribution is -0.0809. The summed E-state index contributed by atoms with van der Waals surface area (Å²) in [7, 11) is 0. The topological polar surface area (TPSA) is 0 Å². The molecule has 0 saturated heterocycles. The first-order valence-electron chi connectivity index (χ1n) is 10.9. The van der Waals surface area contributed by atoms with Crippen LogP contribution in [-0.2, 0) is 12.8 Å². The molecule has 186 valence electrons. The van der Waals surface area contributed by atoms with Gasteiger partial charge in [0.15, 0.2) is 0 Å². The molecule has 2 unspecified atom stereocenters. The number of hydrogen-bond acceptors (Lipinski definition) is 0. The highest BCUT2D eigenvalue weighted by Gasteiger charge is 2.23. The molecule has 2 aromatic carbocycles. The van der Waals surface area contributed by atoms with Crippen LogP contribution in [0.3, 0.4) is 0 Å². The summed E-state index contributed by atoms with van der Waals surface area (Å²) in [4.78, 5) is -0.338. The fraction of sp³-hybridized carbons (Fsp3) is 0.385. The van der Waals surface area contributed by atoms with Crippen LogP contribution >= 0.6 is 27.5 Å². The molecule has 0 amide bonds. The van der Waals surface area contributed by atoms with Crippen molar-refractivity contribution < 1.29 is 26.3 Å². The summed E-state index contributed by atoms with van der Waals surface area (Å²) in [5.41, 5.74) is 4.25. The predicted octanol–water partition coefficient (Wildman–Crippen LogP) is 9.61. The van der Waals surface area contributed by atoms with Gasteiger partial charge in [-0.05, 0) is 60.8 Å². The predicted molar refractivity (Wildman–Crippen MR) is 131 cm³/mol. The quantitative estimate of drug-likeness (QED) is 0.144. The molecule has 0 N–H and O–H groups in total. The molecule has 0 bridgehead atoms. The summed E-state index contributed by atoms with van der Waals surface area (Å²) in [6, 6.07) is 15.9. The highest BCUT2D eigenvalue weighted by atomic mass is 79.9. The van der Waals surface area contributed by atoms with Gasteiger partial charge in [-0.25, -0.2) is 0 Å². The molecule has 0 radical (unpaired) electrons. The number of rotatable bonds is 11. The van der Waals surface area contributed by atoms with Crippen molar-refractivity contribution in [3.63, 3.8) is 0 Å². The van der Waals surface area contributed by atoms with Crippen molar-refractivity contribution in [1.82, 2.24) is 0 Å². The average Bonchev–Trinajstić information content (AvgIpc) is 2.76. The van der Waals surface area contributed by atoms with E-state index in [-0.39, 0.29) is 17.0 Å². The molecule has 0 nitrogen and oxygen atoms in total. The van der Waals surface area contributed by atoms with Crippen molar-refractivity contribution in [2.24, 2.45) is 0 Å². The molecule has 0 aliphatic rings. The second-order valence-corrected chi connectivity index (χ2v) is 9.71. The zero-order valence-corrected chi connectivity index (χ0v) is 20.7. The molecule has 0 heterocycles. The summed E-state index contributed by atoms with van der Waals surface area (Å²) in [6.07, 6.45) is -2.34. The first-order chi connectivity index (χ1) is 15.9. The standard InChI is InChI=1S/C26H26BrClF6/c27-22(14-16-25(29,30)31)11-4-7-19-6-3-10-21(18-19)24-13-2-1-8-20(24)9-5-12-23(28)15-17-26(32,33)34/h1-3,6,8,10,13-18,22-23H,4-5,7,9,11-12H2. The van der Waals surface area contributed by atoms with E-state index >= 15 is 0 Å². The number of benzene rings is 2. The first-order valence-corrected chi connectivity index (χ1v) is 12.3. The summed E-state index contributed by atoms with van der Waals surface area (Å²) >= 11 is 9.26. The summed E-state index contributed by atoms with van der Waals surface area (Å²) in [6.45, 7) is 0. The van der Waals surface area contributed by atoms with Gasteiger partial charge in [0.25, 0.3) is 0 Å². The maximum atomic E-state index is 12.3. The zero-order chi connectivity index (χ0) is 25.2. The fourth-order valence-corrected chi connectivity index (χ4v) is 4.23. The Morgan fingerprint density at radius 1 is 0.794 bits per heavy atom. The van der Waals surface area contributed by atoms with E-state index < -0.39 is 17.7 Å². The van der Waals surface area contributed by atoms with E-state index in [9.17, 15) is 26.3 Å². The highest BCUT2D eigenvalue weighted by Crippen LogP contribution is 2.27. The monoisotopic (exact) mass is 566 g/mol. The Morgan fingerprint density at radius 3 is 2.15 bits per heavy atom. The van der Waals surface area contributed by atoms with Crippen molar-refractivity contribution in [2.75, 3.05) is 0 Å². The van der Waals surface area contributed by atoms with Crippen LogP contribution in [0.5, 0.6) is 0 Å². The van der Waals surface area contributed by atoms with E-state index in [1.807, 2.05) is 42.5 Å². The molecule has 8 heteroatoms. The highest BCUT2D eigenvalue weighted by molar-refractivity contribution is 9.09. The maximum absolute atomic E-state index is 12.3. The van der Waals surface area contributed by atoms with Crippen LogP contribution in [0.2, 0.25) is 0 Å². The molecule has 0 aromatic heterocycles. The Morgan fingerprint density at radius 2 is 1.44 bits per heavy atom. The van der Waals surface area contributed by atoms with Gasteiger partial charge in [-0.15, -0.1) is 11.6 Å². The number of alkyl halides is 8. The molecule has 0 spiro atoms. The molecule has 0 fully saturated rings. The Balaban J connectivity index is 1.96. The van der Waals surface area contributed by atoms with Gasteiger partial charge in [0.2, 0.25) is 0 Å². The number of hydrogen-bond donors (Lipinski definition) is 0. The van der Waals surface area contributed by atoms with Crippen molar-refractivity contribution in [1.29, 1.82) is 0 Å². The van der Waals surface area contributed by atoms with E-state index in [1.165, 1.54) is 0 Å². The summed E-state index contributed by atoms with van der Waals surface area (Å²) in [5, 5.41) is -0.679. The molecular formula is C26H26BrClF6. The van der Waals surface area contributed by atoms with Crippen LogP contribution in [0.1, 0.15) is 36.8 Å². The van der Waals surface area contributed by atoms with Crippen molar-refractivity contribution in [2.45, 2.75) is 61.1 Å². The van der Waals surface area contributed by atoms with Gasteiger partial charge in [0.1, 0.15) is 0 Å². The van der Waals surface area contributed by atoms with Gasteiger partial charge in [-0.2, -0.15) is 26.3 Å². The largest absolute Gasteiger partial charge is 0.409 e. The smallest absolute Gasteiger partial charge is 0.167 e. The second kappa shape index (κ2) is 13.4. The number of aryl methyl sites for hydroxylation is 2. The third-order valence-corrected chi connectivity index (χ3v) is 6.24. The normalized spacial score (nSPS) is 14.7. The third-order valence-electron chi connectivity index (χ3n) is 5.11. The molecule has 2 aromatic rings. The van der Waals surface area contributed by atoms with Gasteiger partial charge < -0.3 is 0 Å². The summed E-state index contributed by atoms with van der Waals surface area (Å²) in [5.74, 6) is 0. The van der Waals surface area contributed by atoms with Gasteiger partial charge in [-0.3, -0.25) is 0 Å². The van der Waals surface area contributed by atoms with Crippen LogP contribution in [0.4, 0.5) is 26.3 Å². The first kappa shape index (κ1) is 28.5. The van der Waals surface area contributed by atoms with E-state index in [4.69, 9.17) is 11.6 Å². The van der Waals surface area contributed by atoms with Gasteiger partial charge in [0.05, 0.1) is 5.38 Å². The van der Waals surface area contributed by atoms with E-state index in [0.717, 1.165) is 47.2 Å². The van der Waals surface area contributed by atoms with Crippen molar-refractivity contribution in [3.05, 3.63) is 84.0 Å². The molecular weight excluding hydrogens is 542 g/mol. The minimum absolute atomic E-state index is 0.175. The molecule has 2 atom stereocenters. The van der Waals surface area contributed by atoms with Crippen LogP contribution in [0.15, 0.2) is 72.8 Å². The van der Waals surface area contributed by atoms with Crippen LogP contribution < -0.4 is 0 Å². The minimum atomic E-state index is -4.36. The molecule has 34 heavy (non-hydrogen) atoms. The Bertz CT molecular complexity index is 949. The Labute approximate surface area is 209 Å². The fourth-order valence-electron chi connectivity index (χ4n) is 3.52. The lowest BCUT2D eigenvalue weighted by Gasteiger charge is -2.12. The minimum Gasteiger partial charge on any atom is -0.167 e. The van der Waals surface area contributed by atoms with Crippen LogP contribution in [0, 0.1) is 0 Å². The Kier molecular flexibility index (Phi) is 11.2. The Hall–Kier alpha value is -1.73. The lowest BCUT2D eigenvalue weighted by atomic mass is 9.94. The SMILES string of the molecule is FC(F)(F)C=CC(Cl)CCCc1ccccc1-c1cccc(CCCC(Br)C=CC(F)(F)F)c1. The van der Waals surface area contributed by atoms with Crippen molar-refractivity contribution in [3.8, 4) is 11.1 Å². The number of halogens is 8. The van der Waals surface area contributed by atoms with E-state index in [1.54, 1.807) is 0 Å². The van der Waals surface area contributed by atoms with Gasteiger partial charge >= 0.3 is 12.4 Å². The number of allylic oxidation sites excluding steroid dienone is 4.